The number of carboxylic acids is 1. The van der Waals surface area contributed by atoms with E-state index in [1.165, 1.54) is 19.2 Å². The second kappa shape index (κ2) is 16.7. The Morgan fingerprint density at radius 1 is 0.868 bits per heavy atom. The molecule has 276 valence electrons. The molecule has 1 heterocycles. The van der Waals surface area contributed by atoms with E-state index in [9.17, 15) is 18.9 Å². The van der Waals surface area contributed by atoms with E-state index < -0.39 is 32.8 Å². The molecule has 0 radical (unpaired) electrons. The largest absolute Gasteiger partial charge is 0.481 e. The molecule has 0 spiro atoms. The quantitative estimate of drug-likeness (QED) is 0.0899. The average molecular weight is 750 g/mol. The lowest BCUT2D eigenvalue weighted by atomic mass is 9.88. The molecule has 0 saturated carbocycles. The Balaban J connectivity index is 1.65. The van der Waals surface area contributed by atoms with Crippen LogP contribution in [0.25, 0.3) is 28.5 Å². The van der Waals surface area contributed by atoms with Gasteiger partial charge in [-0.2, -0.15) is 0 Å². The lowest BCUT2D eigenvalue weighted by molar-refractivity contribution is -0.138. The molecular formula is C44H49FNO5PSi. The van der Waals surface area contributed by atoms with Gasteiger partial charge in [-0.3, -0.25) is 14.3 Å². The molecule has 4 aromatic carbocycles. The molecular weight excluding hydrogens is 701 g/mol. The number of benzene rings is 4. The maximum absolute atomic E-state index is 14.9. The number of rotatable bonds is 14. The van der Waals surface area contributed by atoms with Gasteiger partial charge in [0.2, 0.25) is 7.37 Å². The first-order valence-corrected chi connectivity index (χ1v) is 21.7. The average Bonchev–Trinajstić information content (AvgIpc) is 3.13. The minimum Gasteiger partial charge on any atom is -0.481 e. The van der Waals surface area contributed by atoms with E-state index in [-0.39, 0.29) is 24.3 Å². The summed E-state index contributed by atoms with van der Waals surface area (Å²) in [6.45, 7) is 12.4. The van der Waals surface area contributed by atoms with Gasteiger partial charge in [0.1, 0.15) is 5.82 Å². The number of carbonyl (C=O) groups is 1. The molecule has 0 aliphatic rings. The third kappa shape index (κ3) is 8.85. The van der Waals surface area contributed by atoms with Crippen molar-refractivity contribution >= 4 is 38.1 Å². The smallest absolute Gasteiger partial charge is 0.305 e. The maximum Gasteiger partial charge on any atom is 0.305 e. The monoisotopic (exact) mass is 749 g/mol. The summed E-state index contributed by atoms with van der Waals surface area (Å²) in [5.41, 5.74) is 5.79. The SMILES string of the molecule is COP(=O)(C=Cc1c(C(C)C)nc(-c2ccccc2)c(C)c1-c1ccc(F)cc1)C[C@H](CC(=O)O)O[Si](c1ccccc1)(c1ccccc1)C(C)(C)C. The summed E-state index contributed by atoms with van der Waals surface area (Å²) in [5, 5.41) is 11.7. The molecule has 0 aliphatic carbocycles. The van der Waals surface area contributed by atoms with Crippen molar-refractivity contribution in [2.24, 2.45) is 0 Å². The summed E-state index contributed by atoms with van der Waals surface area (Å²) < 4.78 is 42.1. The van der Waals surface area contributed by atoms with Gasteiger partial charge in [0.25, 0.3) is 8.32 Å². The molecule has 5 aromatic rings. The lowest BCUT2D eigenvalue weighted by Gasteiger charge is -2.45. The third-order valence-corrected chi connectivity index (χ3v) is 16.9. The van der Waals surface area contributed by atoms with Crippen LogP contribution in [0.4, 0.5) is 4.39 Å². The number of aliphatic carboxylic acids is 1. The van der Waals surface area contributed by atoms with Gasteiger partial charge in [-0.15, -0.1) is 0 Å². The van der Waals surface area contributed by atoms with Crippen LogP contribution in [0.2, 0.25) is 5.04 Å². The Bertz CT molecular complexity index is 2040. The van der Waals surface area contributed by atoms with Crippen LogP contribution < -0.4 is 10.4 Å². The fourth-order valence-electron chi connectivity index (χ4n) is 7.14. The second-order valence-corrected chi connectivity index (χ2v) is 21.4. The minimum atomic E-state index is -3.69. The molecule has 0 saturated heterocycles. The van der Waals surface area contributed by atoms with Crippen LogP contribution in [-0.2, 0) is 18.3 Å². The van der Waals surface area contributed by atoms with E-state index in [0.29, 0.717) is 0 Å². The highest BCUT2D eigenvalue weighted by atomic mass is 31.2. The topological polar surface area (TPSA) is 85.7 Å². The van der Waals surface area contributed by atoms with E-state index >= 15 is 0 Å². The predicted molar refractivity (Wildman–Crippen MR) is 217 cm³/mol. The van der Waals surface area contributed by atoms with Gasteiger partial charge >= 0.3 is 5.97 Å². The highest BCUT2D eigenvalue weighted by Gasteiger charge is 2.52. The van der Waals surface area contributed by atoms with Crippen LogP contribution in [0.3, 0.4) is 0 Å². The molecule has 1 aromatic heterocycles. The standard InChI is InChI=1S/C44H49FNO5PSi/c1-31(2)42-39(41(33-23-25-35(45)26-24-33)32(3)43(46-42)34-17-11-8-12-18-34)27-28-52(49,50-7)30-36(29-40(47)48)51-53(44(4,5)6,37-19-13-9-14-20-37)38-21-15-10-16-22-38/h8-28,31,36H,29-30H2,1-7H3,(H,47,48)/t36-,52?/m0/s1. The van der Waals surface area contributed by atoms with Crippen molar-refractivity contribution < 1.29 is 27.8 Å². The summed E-state index contributed by atoms with van der Waals surface area (Å²) >= 11 is 0. The zero-order valence-electron chi connectivity index (χ0n) is 31.5. The summed E-state index contributed by atoms with van der Waals surface area (Å²) in [6.07, 6.45) is 0.314. The Labute approximate surface area is 314 Å². The van der Waals surface area contributed by atoms with Gasteiger partial charge in [-0.1, -0.05) is 138 Å². The van der Waals surface area contributed by atoms with Gasteiger partial charge in [-0.25, -0.2) is 4.39 Å². The molecule has 1 N–H and O–H groups in total. The predicted octanol–water partition coefficient (Wildman–Crippen LogP) is 10.3. The van der Waals surface area contributed by atoms with Gasteiger partial charge < -0.3 is 14.1 Å². The number of nitrogens with zero attached hydrogens (tertiary/aromatic N) is 1. The number of pyridine rings is 1. The zero-order valence-corrected chi connectivity index (χ0v) is 33.4. The molecule has 6 nitrogen and oxygen atoms in total. The van der Waals surface area contributed by atoms with E-state index in [4.69, 9.17) is 13.9 Å². The van der Waals surface area contributed by atoms with Crippen molar-refractivity contribution in [2.45, 2.75) is 65.0 Å². The van der Waals surface area contributed by atoms with Gasteiger partial charge in [0.05, 0.1) is 30.1 Å². The van der Waals surface area contributed by atoms with Crippen molar-refractivity contribution in [3.8, 4) is 22.4 Å². The van der Waals surface area contributed by atoms with Crippen LogP contribution in [0.1, 0.15) is 63.8 Å². The molecule has 1 unspecified atom stereocenters. The van der Waals surface area contributed by atoms with Gasteiger partial charge in [0.15, 0.2) is 0 Å². The van der Waals surface area contributed by atoms with Crippen LogP contribution in [0, 0.1) is 12.7 Å². The van der Waals surface area contributed by atoms with Crippen molar-refractivity contribution in [1.29, 1.82) is 0 Å². The molecule has 0 bridgehead atoms. The summed E-state index contributed by atoms with van der Waals surface area (Å²) in [4.78, 5) is 17.6. The van der Waals surface area contributed by atoms with E-state index in [2.05, 4.69) is 34.6 Å². The number of carboxylic acid groups (broad SMARTS) is 1. The normalized spacial score (nSPS) is 14.0. The highest BCUT2D eigenvalue weighted by molar-refractivity contribution is 7.62. The van der Waals surface area contributed by atoms with Gasteiger partial charge in [-0.05, 0) is 63.2 Å². The molecule has 9 heteroatoms. The first kappa shape index (κ1) is 39.7. The number of hydrogen-bond donors (Lipinski definition) is 1. The van der Waals surface area contributed by atoms with Crippen molar-refractivity contribution in [1.82, 2.24) is 4.98 Å². The van der Waals surface area contributed by atoms with Crippen molar-refractivity contribution in [3.05, 3.63) is 144 Å². The number of hydrogen-bond acceptors (Lipinski definition) is 5. The summed E-state index contributed by atoms with van der Waals surface area (Å²) in [6, 6.07) is 36.2. The Morgan fingerprint density at radius 2 is 1.40 bits per heavy atom. The van der Waals surface area contributed by atoms with Crippen LogP contribution in [0.5, 0.6) is 0 Å². The van der Waals surface area contributed by atoms with E-state index in [1.54, 1.807) is 24.0 Å². The Morgan fingerprint density at radius 3 is 1.87 bits per heavy atom. The minimum absolute atomic E-state index is 0.0305. The second-order valence-electron chi connectivity index (χ2n) is 14.7. The summed E-state index contributed by atoms with van der Waals surface area (Å²) in [7, 11) is -5.51. The zero-order chi connectivity index (χ0) is 38.4. The fourth-order valence-corrected chi connectivity index (χ4v) is 13.5. The van der Waals surface area contributed by atoms with E-state index in [1.807, 2.05) is 97.9 Å². The first-order valence-electron chi connectivity index (χ1n) is 17.9. The lowest BCUT2D eigenvalue weighted by Crippen LogP contribution is -2.68. The van der Waals surface area contributed by atoms with Crippen molar-refractivity contribution in [2.75, 3.05) is 13.3 Å². The van der Waals surface area contributed by atoms with Crippen LogP contribution in [0.15, 0.2) is 121 Å². The molecule has 5 rings (SSSR count). The number of aromatic nitrogens is 1. The highest BCUT2D eigenvalue weighted by Crippen LogP contribution is 2.51. The Kier molecular flexibility index (Phi) is 12.5. The molecule has 0 aliphatic heterocycles. The number of halogens is 1. The third-order valence-electron chi connectivity index (χ3n) is 9.63. The molecule has 2 atom stereocenters. The fraction of sp³-hybridized carbons (Fsp3) is 0.273. The summed E-state index contributed by atoms with van der Waals surface area (Å²) in [5.74, 6) is 0.126. The van der Waals surface area contributed by atoms with Crippen molar-refractivity contribution in [3.63, 3.8) is 0 Å². The van der Waals surface area contributed by atoms with Crippen LogP contribution in [-0.4, -0.2) is 43.8 Å². The van der Waals surface area contributed by atoms with E-state index in [0.717, 1.165) is 49.6 Å². The Hall–Kier alpha value is -4.46. The van der Waals surface area contributed by atoms with Crippen LogP contribution >= 0.6 is 7.37 Å². The van der Waals surface area contributed by atoms with Gasteiger partial charge in [0, 0.05) is 24.1 Å². The maximum atomic E-state index is 14.9. The first-order chi connectivity index (χ1) is 25.2. The molecule has 0 amide bonds. The molecule has 0 fully saturated rings. The molecule has 53 heavy (non-hydrogen) atoms.